The quantitative estimate of drug-likeness (QED) is 0.930. The van der Waals surface area contributed by atoms with Crippen molar-refractivity contribution in [3.05, 3.63) is 17.3 Å². The van der Waals surface area contributed by atoms with Crippen molar-refractivity contribution in [2.45, 2.75) is 26.4 Å². The fraction of sp³-hybridized carbons (Fsp3) is 0.643. The van der Waals surface area contributed by atoms with Gasteiger partial charge in [-0.1, -0.05) is 6.92 Å². The van der Waals surface area contributed by atoms with E-state index in [-0.39, 0.29) is 0 Å². The lowest BCUT2D eigenvalue weighted by molar-refractivity contribution is 0.199. The monoisotopic (exact) mass is 293 g/mol. The number of nitrogens with one attached hydrogen (secondary N) is 1. The topological polar surface area (TPSA) is 35.8 Å². The molecule has 0 spiro atoms. The van der Waals surface area contributed by atoms with Gasteiger partial charge in [0.2, 0.25) is 0 Å². The maximum Gasteiger partial charge on any atom is 0.195 e. The highest BCUT2D eigenvalue weighted by atomic mass is 32.1. The number of aromatic nitrogens is 2. The minimum atomic E-state index is 0.593. The van der Waals surface area contributed by atoms with E-state index in [1.807, 2.05) is 7.05 Å². The fourth-order valence-corrected chi connectivity index (χ4v) is 3.79. The number of nitrogens with zero attached hydrogens (tertiary/aromatic N) is 4. The molecular weight excluding hydrogens is 270 g/mol. The summed E-state index contributed by atoms with van der Waals surface area (Å²) in [5.41, 5.74) is 1.28. The molecule has 0 aliphatic carbocycles. The summed E-state index contributed by atoms with van der Waals surface area (Å²) in [5.74, 6) is 1.16. The van der Waals surface area contributed by atoms with Crippen LogP contribution >= 0.6 is 11.3 Å². The Morgan fingerprint density at radius 2 is 2.30 bits per heavy atom. The van der Waals surface area contributed by atoms with Crippen molar-refractivity contribution in [3.63, 3.8) is 0 Å². The summed E-state index contributed by atoms with van der Waals surface area (Å²) in [4.78, 5) is 10.9. The standard InChI is InChI=1S/C14H23N5S/c1-4-17-5-6-18(10-11(17)2)13-12(9-15-3)19-7-8-20-14(19)16-13/h7-8,11,15H,4-6,9-10H2,1-3H3. The third-order valence-corrected chi connectivity index (χ3v) is 4.91. The van der Waals surface area contributed by atoms with Crippen LogP contribution in [0.25, 0.3) is 4.96 Å². The van der Waals surface area contributed by atoms with Gasteiger partial charge in [0.15, 0.2) is 10.8 Å². The summed E-state index contributed by atoms with van der Waals surface area (Å²) in [6.45, 7) is 9.81. The molecule has 0 bridgehead atoms. The molecule has 0 saturated carbocycles. The highest BCUT2D eigenvalue weighted by Gasteiger charge is 2.26. The van der Waals surface area contributed by atoms with Gasteiger partial charge < -0.3 is 10.2 Å². The number of thiazole rings is 1. The molecule has 20 heavy (non-hydrogen) atoms. The van der Waals surface area contributed by atoms with E-state index in [1.54, 1.807) is 11.3 Å². The van der Waals surface area contributed by atoms with Crippen molar-refractivity contribution in [3.8, 4) is 0 Å². The predicted octanol–water partition coefficient (Wildman–Crippen LogP) is 1.65. The van der Waals surface area contributed by atoms with Gasteiger partial charge in [-0.15, -0.1) is 11.3 Å². The Balaban J connectivity index is 1.90. The van der Waals surface area contributed by atoms with E-state index in [4.69, 9.17) is 4.98 Å². The van der Waals surface area contributed by atoms with Gasteiger partial charge in [0.1, 0.15) is 0 Å². The molecule has 6 heteroatoms. The molecule has 1 fully saturated rings. The molecule has 0 radical (unpaired) electrons. The van der Waals surface area contributed by atoms with Gasteiger partial charge in [0.05, 0.1) is 5.69 Å². The van der Waals surface area contributed by atoms with E-state index < -0.39 is 0 Å². The van der Waals surface area contributed by atoms with Crippen LogP contribution in [0.5, 0.6) is 0 Å². The molecule has 1 atom stereocenters. The minimum absolute atomic E-state index is 0.593. The Labute approximate surface area is 124 Å². The van der Waals surface area contributed by atoms with Gasteiger partial charge in [-0.2, -0.15) is 0 Å². The van der Waals surface area contributed by atoms with E-state index in [2.05, 4.69) is 44.9 Å². The smallest absolute Gasteiger partial charge is 0.195 e. The van der Waals surface area contributed by atoms with Gasteiger partial charge in [-0.3, -0.25) is 9.30 Å². The zero-order valence-electron chi connectivity index (χ0n) is 12.5. The van der Waals surface area contributed by atoms with Gasteiger partial charge >= 0.3 is 0 Å². The van der Waals surface area contributed by atoms with Crippen LogP contribution in [0.1, 0.15) is 19.5 Å². The van der Waals surface area contributed by atoms with Crippen molar-refractivity contribution in [2.75, 3.05) is 38.1 Å². The van der Waals surface area contributed by atoms with E-state index in [0.29, 0.717) is 6.04 Å². The zero-order valence-corrected chi connectivity index (χ0v) is 13.3. The van der Waals surface area contributed by atoms with Crippen LogP contribution < -0.4 is 10.2 Å². The first-order valence-corrected chi connectivity index (χ1v) is 8.20. The first-order valence-electron chi connectivity index (χ1n) is 7.32. The van der Waals surface area contributed by atoms with Gasteiger partial charge in [-0.05, 0) is 20.5 Å². The number of likely N-dealkylation sites (N-methyl/N-ethyl adjacent to an activating group) is 1. The lowest BCUT2D eigenvalue weighted by Crippen LogP contribution is -2.52. The summed E-state index contributed by atoms with van der Waals surface area (Å²) < 4.78 is 2.22. The number of hydrogen-bond acceptors (Lipinski definition) is 5. The maximum atomic E-state index is 4.85. The molecule has 3 heterocycles. The molecule has 2 aromatic heterocycles. The second-order valence-electron chi connectivity index (χ2n) is 5.39. The van der Waals surface area contributed by atoms with Crippen LogP contribution in [0.4, 0.5) is 5.82 Å². The Kier molecular flexibility index (Phi) is 3.96. The van der Waals surface area contributed by atoms with Crippen molar-refractivity contribution in [1.29, 1.82) is 0 Å². The van der Waals surface area contributed by atoms with Crippen molar-refractivity contribution in [1.82, 2.24) is 19.6 Å². The number of rotatable bonds is 4. The average Bonchev–Trinajstić information content (AvgIpc) is 3.01. The predicted molar refractivity (Wildman–Crippen MR) is 84.8 cm³/mol. The molecular formula is C14H23N5S. The van der Waals surface area contributed by atoms with Crippen molar-refractivity contribution >= 4 is 22.1 Å². The van der Waals surface area contributed by atoms with Crippen molar-refractivity contribution in [2.24, 2.45) is 0 Å². The molecule has 1 N–H and O–H groups in total. The Bertz CT molecular complexity index is 575. The number of imidazole rings is 1. The van der Waals surface area contributed by atoms with Crippen LogP contribution in [0, 0.1) is 0 Å². The highest BCUT2D eigenvalue weighted by molar-refractivity contribution is 7.15. The minimum Gasteiger partial charge on any atom is -0.352 e. The fourth-order valence-electron chi connectivity index (χ4n) is 3.06. The first kappa shape index (κ1) is 13.9. The van der Waals surface area contributed by atoms with Crippen molar-refractivity contribution < 1.29 is 0 Å². The first-order chi connectivity index (χ1) is 9.74. The molecule has 2 aromatic rings. The normalized spacial score (nSPS) is 20.9. The second-order valence-corrected chi connectivity index (χ2v) is 6.26. The number of hydrogen-bond donors (Lipinski definition) is 1. The maximum absolute atomic E-state index is 4.85. The Hall–Kier alpha value is -1.11. The number of fused-ring (bicyclic) bond motifs is 1. The van der Waals surface area contributed by atoms with Gasteiger partial charge in [0, 0.05) is 43.8 Å². The average molecular weight is 293 g/mol. The highest BCUT2D eigenvalue weighted by Crippen LogP contribution is 2.26. The molecule has 110 valence electrons. The molecule has 1 aliphatic heterocycles. The molecule has 0 amide bonds. The number of anilines is 1. The Morgan fingerprint density at radius 1 is 1.45 bits per heavy atom. The van der Waals surface area contributed by atoms with Crippen LogP contribution in [-0.4, -0.2) is 53.6 Å². The third-order valence-electron chi connectivity index (χ3n) is 4.15. The summed E-state index contributed by atoms with van der Waals surface area (Å²) >= 11 is 1.71. The summed E-state index contributed by atoms with van der Waals surface area (Å²) in [6, 6.07) is 0.593. The SMILES string of the molecule is CCN1CCN(c2nc3sccn3c2CNC)CC1C. The van der Waals surface area contributed by atoms with Gasteiger partial charge in [-0.25, -0.2) is 4.98 Å². The molecule has 0 aromatic carbocycles. The van der Waals surface area contributed by atoms with Crippen LogP contribution in [-0.2, 0) is 6.54 Å². The van der Waals surface area contributed by atoms with Gasteiger partial charge in [0.25, 0.3) is 0 Å². The third kappa shape index (κ3) is 2.32. The van der Waals surface area contributed by atoms with E-state index in [1.165, 1.54) is 5.69 Å². The van der Waals surface area contributed by atoms with Crippen LogP contribution in [0.2, 0.25) is 0 Å². The molecule has 3 rings (SSSR count). The second kappa shape index (κ2) is 5.71. The summed E-state index contributed by atoms with van der Waals surface area (Å²) in [6.07, 6.45) is 2.12. The molecule has 1 aliphatic rings. The van der Waals surface area contributed by atoms with Crippen LogP contribution in [0.3, 0.4) is 0 Å². The largest absolute Gasteiger partial charge is 0.352 e. The van der Waals surface area contributed by atoms with E-state index in [0.717, 1.165) is 43.5 Å². The Morgan fingerprint density at radius 3 is 3.00 bits per heavy atom. The van der Waals surface area contributed by atoms with Crippen LogP contribution in [0.15, 0.2) is 11.6 Å². The van der Waals surface area contributed by atoms with E-state index in [9.17, 15) is 0 Å². The molecule has 1 saturated heterocycles. The summed E-state index contributed by atoms with van der Waals surface area (Å²) in [7, 11) is 1.99. The number of piperazine rings is 1. The molecule has 1 unspecified atom stereocenters. The molecule has 5 nitrogen and oxygen atoms in total. The lowest BCUT2D eigenvalue weighted by atomic mass is 10.2. The zero-order chi connectivity index (χ0) is 14.1. The van der Waals surface area contributed by atoms with E-state index >= 15 is 0 Å². The lowest BCUT2D eigenvalue weighted by Gasteiger charge is -2.39. The summed E-state index contributed by atoms with van der Waals surface area (Å²) in [5, 5.41) is 5.37.